The quantitative estimate of drug-likeness (QED) is 0.200. The molecule has 0 N–H and O–H groups in total. The molecule has 1 nitrogen and oxygen atoms in total. The lowest BCUT2D eigenvalue weighted by Gasteiger charge is -2.39. The van der Waals surface area contributed by atoms with Crippen molar-refractivity contribution < 1.29 is 16.9 Å². The highest BCUT2D eigenvalue weighted by molar-refractivity contribution is 4.52. The zero-order chi connectivity index (χ0) is 18.6. The molecule has 0 aliphatic heterocycles. The smallest absolute Gasteiger partial charge is 0.0786 e. The molecule has 0 radical (unpaired) electrons. The van der Waals surface area contributed by atoms with Gasteiger partial charge in [-0.25, -0.2) is 0 Å². The maximum atomic E-state index is 2.37. The summed E-state index contributed by atoms with van der Waals surface area (Å²) in [5, 5.41) is 0. The van der Waals surface area contributed by atoms with Gasteiger partial charge in [-0.3, -0.25) is 0 Å². The molecule has 0 atom stereocenters. The lowest BCUT2D eigenvalue weighted by Crippen LogP contribution is -3.00. The Balaban J connectivity index is 0. The molecule has 0 fully saturated rings. The van der Waals surface area contributed by atoms with Crippen molar-refractivity contribution in [3.63, 3.8) is 0 Å². The van der Waals surface area contributed by atoms with E-state index < -0.39 is 0 Å². The van der Waals surface area contributed by atoms with Crippen molar-refractivity contribution in [1.29, 1.82) is 0 Å². The molecule has 0 aromatic heterocycles. The van der Waals surface area contributed by atoms with Crippen molar-refractivity contribution in [2.24, 2.45) is 0 Å². The first-order valence-electron chi connectivity index (χ1n) is 12.1. The number of halogens is 1. The van der Waals surface area contributed by atoms with Gasteiger partial charge in [0.25, 0.3) is 0 Å². The lowest BCUT2D eigenvalue weighted by atomic mass is 10.1. The van der Waals surface area contributed by atoms with Crippen LogP contribution in [0, 0.1) is 0 Å². The van der Waals surface area contributed by atoms with Crippen LogP contribution in [0.5, 0.6) is 0 Å². The van der Waals surface area contributed by atoms with E-state index in [1.165, 1.54) is 133 Å². The average molecular weight is 390 g/mol. The first-order chi connectivity index (χ1) is 12.2. The van der Waals surface area contributed by atoms with Crippen molar-refractivity contribution >= 4 is 0 Å². The van der Waals surface area contributed by atoms with Gasteiger partial charge >= 0.3 is 0 Å². The number of hydrogen-bond donors (Lipinski definition) is 0. The average Bonchev–Trinajstić information content (AvgIpc) is 2.63. The molecule has 0 rings (SSSR count). The van der Waals surface area contributed by atoms with E-state index in [2.05, 4.69) is 27.7 Å². The Labute approximate surface area is 173 Å². The molecular formula is C24H52ClN. The maximum Gasteiger partial charge on any atom is 0.0786 e. The largest absolute Gasteiger partial charge is 1.00 e. The summed E-state index contributed by atoms with van der Waals surface area (Å²) in [6, 6.07) is 0. The second kappa shape index (κ2) is 21.5. The SMILES string of the molecule is CCCCCCCC[N+](CCCC)(CCCC)CCCCCCCC.[Cl-]. The van der Waals surface area contributed by atoms with Crippen LogP contribution in [0.25, 0.3) is 0 Å². The van der Waals surface area contributed by atoms with Gasteiger partial charge in [-0.15, -0.1) is 0 Å². The molecule has 0 aliphatic carbocycles. The van der Waals surface area contributed by atoms with Gasteiger partial charge in [0, 0.05) is 0 Å². The Morgan fingerprint density at radius 1 is 0.346 bits per heavy atom. The van der Waals surface area contributed by atoms with Crippen molar-refractivity contribution in [2.45, 2.75) is 130 Å². The maximum absolute atomic E-state index is 2.37. The topological polar surface area (TPSA) is 0 Å². The standard InChI is InChI=1S/C24H52N.ClH/c1-5-9-13-15-17-19-23-25(21-11-7-3,22-12-8-4)24-20-18-16-14-10-6-2;/h5-24H2,1-4H3;1H/q+1;/p-1. The van der Waals surface area contributed by atoms with Crippen LogP contribution < -0.4 is 12.4 Å². The number of quaternary nitrogens is 1. The molecule has 0 aromatic rings. The molecule has 0 amide bonds. The molecule has 0 aromatic carbocycles. The van der Waals surface area contributed by atoms with Gasteiger partial charge in [-0.1, -0.05) is 91.9 Å². The molecule has 0 unspecified atom stereocenters. The molecule has 0 saturated carbocycles. The number of unbranched alkanes of at least 4 members (excludes halogenated alkanes) is 12. The Kier molecular flexibility index (Phi) is 23.6. The fourth-order valence-electron chi connectivity index (χ4n) is 4.11. The first kappa shape index (κ1) is 28.5. The molecule has 0 aliphatic rings. The minimum Gasteiger partial charge on any atom is -1.00 e. The van der Waals surface area contributed by atoms with E-state index in [1.807, 2.05) is 0 Å². The molecule has 0 spiro atoms. The highest BCUT2D eigenvalue weighted by atomic mass is 35.5. The van der Waals surface area contributed by atoms with E-state index in [4.69, 9.17) is 0 Å². The monoisotopic (exact) mass is 389 g/mol. The molecule has 2 heteroatoms. The van der Waals surface area contributed by atoms with Gasteiger partial charge in [-0.2, -0.15) is 0 Å². The summed E-state index contributed by atoms with van der Waals surface area (Å²) < 4.78 is 1.45. The summed E-state index contributed by atoms with van der Waals surface area (Å²) in [6.45, 7) is 15.2. The predicted octanol–water partition coefficient (Wildman–Crippen LogP) is 5.13. The summed E-state index contributed by atoms with van der Waals surface area (Å²) in [7, 11) is 0. The zero-order valence-electron chi connectivity index (χ0n) is 19.0. The summed E-state index contributed by atoms with van der Waals surface area (Å²) in [5.74, 6) is 0. The third-order valence-corrected chi connectivity index (χ3v) is 5.94. The summed E-state index contributed by atoms with van der Waals surface area (Å²) in [6.07, 6.45) is 22.9. The summed E-state index contributed by atoms with van der Waals surface area (Å²) >= 11 is 0. The fraction of sp³-hybridized carbons (Fsp3) is 1.00. The Hall–Kier alpha value is 0.250. The first-order valence-corrected chi connectivity index (χ1v) is 12.1. The highest BCUT2D eigenvalue weighted by Gasteiger charge is 2.25. The second-order valence-corrected chi connectivity index (χ2v) is 8.48. The fourth-order valence-corrected chi connectivity index (χ4v) is 4.11. The van der Waals surface area contributed by atoms with Crippen molar-refractivity contribution in [3.05, 3.63) is 0 Å². The molecule has 26 heavy (non-hydrogen) atoms. The van der Waals surface area contributed by atoms with Gasteiger partial charge in [0.2, 0.25) is 0 Å². The Morgan fingerprint density at radius 3 is 0.962 bits per heavy atom. The van der Waals surface area contributed by atoms with Crippen LogP contribution in [-0.2, 0) is 0 Å². The van der Waals surface area contributed by atoms with Crippen molar-refractivity contribution in [3.8, 4) is 0 Å². The highest BCUT2D eigenvalue weighted by Crippen LogP contribution is 2.18. The van der Waals surface area contributed by atoms with Crippen LogP contribution >= 0.6 is 0 Å². The van der Waals surface area contributed by atoms with Crippen LogP contribution in [0.2, 0.25) is 0 Å². The second-order valence-electron chi connectivity index (χ2n) is 8.48. The van der Waals surface area contributed by atoms with Crippen molar-refractivity contribution in [1.82, 2.24) is 0 Å². The summed E-state index contributed by atoms with van der Waals surface area (Å²) in [4.78, 5) is 0. The zero-order valence-corrected chi connectivity index (χ0v) is 19.7. The normalized spacial score (nSPS) is 11.5. The molecule has 0 heterocycles. The van der Waals surface area contributed by atoms with Gasteiger partial charge in [0.15, 0.2) is 0 Å². The van der Waals surface area contributed by atoms with E-state index in [-0.39, 0.29) is 12.4 Å². The van der Waals surface area contributed by atoms with E-state index in [1.54, 1.807) is 0 Å². The van der Waals surface area contributed by atoms with Gasteiger partial charge in [0.1, 0.15) is 0 Å². The molecular weight excluding hydrogens is 338 g/mol. The van der Waals surface area contributed by atoms with Crippen LogP contribution in [0.1, 0.15) is 130 Å². The van der Waals surface area contributed by atoms with Crippen molar-refractivity contribution in [2.75, 3.05) is 26.2 Å². The minimum atomic E-state index is 0. The van der Waals surface area contributed by atoms with E-state index in [0.29, 0.717) is 0 Å². The number of nitrogens with zero attached hydrogens (tertiary/aromatic N) is 1. The third-order valence-electron chi connectivity index (χ3n) is 5.94. The molecule has 0 saturated heterocycles. The summed E-state index contributed by atoms with van der Waals surface area (Å²) in [5.41, 5.74) is 0. The van der Waals surface area contributed by atoms with E-state index in [0.717, 1.165) is 0 Å². The van der Waals surface area contributed by atoms with Crippen LogP contribution in [0.4, 0.5) is 0 Å². The number of hydrogen-bond acceptors (Lipinski definition) is 0. The van der Waals surface area contributed by atoms with Crippen LogP contribution in [-0.4, -0.2) is 30.7 Å². The van der Waals surface area contributed by atoms with Gasteiger partial charge in [0.05, 0.1) is 26.2 Å². The lowest BCUT2D eigenvalue weighted by molar-refractivity contribution is -0.929. The predicted molar refractivity (Wildman–Crippen MR) is 116 cm³/mol. The minimum absolute atomic E-state index is 0. The van der Waals surface area contributed by atoms with Gasteiger partial charge in [-0.05, 0) is 38.5 Å². The van der Waals surface area contributed by atoms with Gasteiger partial charge < -0.3 is 16.9 Å². The third kappa shape index (κ3) is 16.4. The van der Waals surface area contributed by atoms with Crippen LogP contribution in [0.15, 0.2) is 0 Å². The van der Waals surface area contributed by atoms with E-state index >= 15 is 0 Å². The Bertz CT molecular complexity index is 229. The Morgan fingerprint density at radius 2 is 0.615 bits per heavy atom. The van der Waals surface area contributed by atoms with E-state index in [9.17, 15) is 0 Å². The molecule has 160 valence electrons. The molecule has 0 bridgehead atoms. The van der Waals surface area contributed by atoms with Crippen LogP contribution in [0.3, 0.4) is 0 Å². The number of rotatable bonds is 20.